The smallest absolute Gasteiger partial charge is 0.269 e. The average Bonchev–Trinajstić information content (AvgIpc) is 2.75. The first kappa shape index (κ1) is 14.7. The van der Waals surface area contributed by atoms with E-state index in [1.54, 1.807) is 36.5 Å². The first-order valence-corrected chi connectivity index (χ1v) is 7.57. The number of imide groups is 1. The van der Waals surface area contributed by atoms with E-state index >= 15 is 0 Å². The summed E-state index contributed by atoms with van der Waals surface area (Å²) in [6, 6.07) is 8.28. The number of aromatic nitrogens is 2. The Hall–Kier alpha value is -2.18. The Kier molecular flexibility index (Phi) is 3.96. The minimum Gasteiger partial charge on any atom is -0.269 e. The van der Waals surface area contributed by atoms with Gasteiger partial charge < -0.3 is 0 Å². The molecule has 22 heavy (non-hydrogen) atoms. The van der Waals surface area contributed by atoms with Gasteiger partial charge in [0.15, 0.2) is 5.16 Å². The van der Waals surface area contributed by atoms with Gasteiger partial charge in [-0.2, -0.15) is 0 Å². The molecule has 0 bridgehead atoms. The molecule has 1 aliphatic heterocycles. The van der Waals surface area contributed by atoms with Gasteiger partial charge in [0.25, 0.3) is 11.8 Å². The Morgan fingerprint density at radius 2 is 1.86 bits per heavy atom. The summed E-state index contributed by atoms with van der Waals surface area (Å²) in [7, 11) is 0. The predicted octanol–water partition coefficient (Wildman–Crippen LogP) is 2.99. The minimum atomic E-state index is -0.387. The van der Waals surface area contributed by atoms with E-state index in [-0.39, 0.29) is 11.8 Å². The van der Waals surface area contributed by atoms with Crippen molar-refractivity contribution in [3.05, 3.63) is 58.2 Å². The van der Waals surface area contributed by atoms with Crippen LogP contribution >= 0.6 is 23.4 Å². The molecule has 0 aliphatic carbocycles. The van der Waals surface area contributed by atoms with E-state index in [1.165, 1.54) is 6.08 Å². The van der Waals surface area contributed by atoms with Gasteiger partial charge in [-0.05, 0) is 49.0 Å². The van der Waals surface area contributed by atoms with E-state index in [9.17, 15) is 9.59 Å². The summed E-state index contributed by atoms with van der Waals surface area (Å²) in [6.45, 7) is 1.84. The van der Waals surface area contributed by atoms with Gasteiger partial charge in [-0.1, -0.05) is 11.6 Å². The van der Waals surface area contributed by atoms with Crippen molar-refractivity contribution in [2.75, 3.05) is 4.90 Å². The molecule has 2 amide bonds. The molecule has 0 atom stereocenters. The molecule has 110 valence electrons. The van der Waals surface area contributed by atoms with Gasteiger partial charge in [-0.3, -0.25) is 9.59 Å². The SMILES string of the molecule is Cc1ccnc(SC2=CC(=O)N(c3ccc(Cl)cc3)C2=O)n1. The number of nitrogens with zero attached hydrogens (tertiary/aromatic N) is 3. The lowest BCUT2D eigenvalue weighted by Gasteiger charge is -2.14. The summed E-state index contributed by atoms with van der Waals surface area (Å²) in [5, 5.41) is 0.976. The second-order valence-electron chi connectivity index (χ2n) is 4.55. The van der Waals surface area contributed by atoms with Crippen molar-refractivity contribution in [2.45, 2.75) is 12.1 Å². The third-order valence-electron chi connectivity index (χ3n) is 2.95. The number of thioether (sulfide) groups is 1. The zero-order chi connectivity index (χ0) is 15.7. The van der Waals surface area contributed by atoms with Crippen LogP contribution in [0.25, 0.3) is 0 Å². The second kappa shape index (κ2) is 5.90. The Labute approximate surface area is 136 Å². The summed E-state index contributed by atoms with van der Waals surface area (Å²) in [6.07, 6.45) is 2.91. The maximum absolute atomic E-state index is 12.4. The van der Waals surface area contributed by atoms with Gasteiger partial charge in [-0.15, -0.1) is 0 Å². The van der Waals surface area contributed by atoms with Crippen LogP contribution in [0.4, 0.5) is 5.69 Å². The summed E-state index contributed by atoms with van der Waals surface area (Å²) in [4.78, 5) is 34.2. The van der Waals surface area contributed by atoms with Crippen LogP contribution in [0.2, 0.25) is 5.02 Å². The molecule has 1 aromatic carbocycles. The highest BCUT2D eigenvalue weighted by atomic mass is 35.5. The Bertz CT molecular complexity index is 790. The molecule has 1 aliphatic rings. The molecule has 0 N–H and O–H groups in total. The number of aryl methyl sites for hydroxylation is 1. The third-order valence-corrected chi connectivity index (χ3v) is 4.09. The summed E-state index contributed by atoms with van der Waals surface area (Å²) in [5.41, 5.74) is 1.28. The topological polar surface area (TPSA) is 63.2 Å². The highest BCUT2D eigenvalue weighted by molar-refractivity contribution is 8.04. The maximum Gasteiger partial charge on any atom is 0.272 e. The van der Waals surface area contributed by atoms with Crippen LogP contribution in [-0.4, -0.2) is 21.8 Å². The molecule has 5 nitrogen and oxygen atoms in total. The van der Waals surface area contributed by atoms with Gasteiger partial charge in [0.1, 0.15) is 0 Å². The summed E-state index contributed by atoms with van der Waals surface area (Å²) >= 11 is 6.90. The number of carbonyl (C=O) groups is 2. The minimum absolute atomic E-state index is 0.297. The Balaban J connectivity index is 1.84. The highest BCUT2D eigenvalue weighted by Crippen LogP contribution is 2.32. The monoisotopic (exact) mass is 331 g/mol. The largest absolute Gasteiger partial charge is 0.272 e. The normalized spacial score (nSPS) is 14.5. The molecule has 2 heterocycles. The number of hydrogen-bond donors (Lipinski definition) is 0. The van der Waals surface area contributed by atoms with E-state index < -0.39 is 0 Å². The lowest BCUT2D eigenvalue weighted by Crippen LogP contribution is -2.30. The molecule has 2 aromatic rings. The molecule has 0 saturated carbocycles. The number of amides is 2. The third kappa shape index (κ3) is 2.88. The van der Waals surface area contributed by atoms with Crippen LogP contribution in [-0.2, 0) is 9.59 Å². The van der Waals surface area contributed by atoms with Crippen molar-refractivity contribution in [1.29, 1.82) is 0 Å². The quantitative estimate of drug-likeness (QED) is 0.639. The van der Waals surface area contributed by atoms with E-state index in [0.29, 0.717) is 20.8 Å². The van der Waals surface area contributed by atoms with E-state index in [4.69, 9.17) is 11.6 Å². The van der Waals surface area contributed by atoms with Crippen molar-refractivity contribution >= 4 is 40.9 Å². The number of carbonyl (C=O) groups excluding carboxylic acids is 2. The van der Waals surface area contributed by atoms with E-state index in [0.717, 1.165) is 22.4 Å². The molecule has 0 spiro atoms. The van der Waals surface area contributed by atoms with E-state index in [2.05, 4.69) is 9.97 Å². The number of halogens is 1. The van der Waals surface area contributed by atoms with Crippen molar-refractivity contribution in [3.63, 3.8) is 0 Å². The molecular formula is C15H10ClN3O2S. The fraction of sp³-hybridized carbons (Fsp3) is 0.0667. The summed E-state index contributed by atoms with van der Waals surface area (Å²) < 4.78 is 0. The molecule has 1 aromatic heterocycles. The van der Waals surface area contributed by atoms with Gasteiger partial charge in [0, 0.05) is 23.0 Å². The number of anilines is 1. The van der Waals surface area contributed by atoms with Crippen LogP contribution in [0.5, 0.6) is 0 Å². The predicted molar refractivity (Wildman–Crippen MR) is 84.7 cm³/mol. The highest BCUT2D eigenvalue weighted by Gasteiger charge is 2.33. The van der Waals surface area contributed by atoms with Crippen LogP contribution in [0.3, 0.4) is 0 Å². The first-order chi connectivity index (χ1) is 10.5. The molecule has 0 saturated heterocycles. The van der Waals surface area contributed by atoms with Crippen LogP contribution in [0.15, 0.2) is 52.7 Å². The van der Waals surface area contributed by atoms with Crippen LogP contribution in [0.1, 0.15) is 5.69 Å². The molecule has 3 rings (SSSR count). The van der Waals surface area contributed by atoms with Crippen molar-refractivity contribution in [1.82, 2.24) is 9.97 Å². The van der Waals surface area contributed by atoms with Crippen molar-refractivity contribution in [3.8, 4) is 0 Å². The van der Waals surface area contributed by atoms with Gasteiger partial charge >= 0.3 is 0 Å². The molecule has 0 radical (unpaired) electrons. The second-order valence-corrected chi connectivity index (χ2v) is 5.99. The zero-order valence-corrected chi connectivity index (χ0v) is 13.1. The van der Waals surface area contributed by atoms with Crippen molar-refractivity contribution < 1.29 is 9.59 Å². The number of hydrogen-bond acceptors (Lipinski definition) is 5. The van der Waals surface area contributed by atoms with Gasteiger partial charge in [0.2, 0.25) is 0 Å². The standard InChI is InChI=1S/C15H10ClN3O2S/c1-9-6-7-17-15(18-9)22-12-8-13(20)19(14(12)21)11-4-2-10(16)3-5-11/h2-8H,1H3. The van der Waals surface area contributed by atoms with Crippen LogP contribution in [0, 0.1) is 6.92 Å². The Morgan fingerprint density at radius 3 is 2.55 bits per heavy atom. The fourth-order valence-corrected chi connectivity index (χ4v) is 2.89. The van der Waals surface area contributed by atoms with E-state index in [1.807, 2.05) is 6.92 Å². The number of benzene rings is 1. The molecule has 0 fully saturated rings. The molecule has 0 unspecified atom stereocenters. The average molecular weight is 332 g/mol. The lowest BCUT2D eigenvalue weighted by atomic mass is 10.3. The Morgan fingerprint density at radius 1 is 1.14 bits per heavy atom. The fourth-order valence-electron chi connectivity index (χ4n) is 1.93. The van der Waals surface area contributed by atoms with Gasteiger partial charge in [0.05, 0.1) is 10.6 Å². The van der Waals surface area contributed by atoms with Gasteiger partial charge in [-0.25, -0.2) is 14.9 Å². The maximum atomic E-state index is 12.4. The first-order valence-electron chi connectivity index (χ1n) is 6.38. The van der Waals surface area contributed by atoms with Crippen molar-refractivity contribution in [2.24, 2.45) is 0 Å². The number of rotatable bonds is 3. The summed E-state index contributed by atoms with van der Waals surface area (Å²) in [5.74, 6) is -0.773. The molecular weight excluding hydrogens is 322 g/mol. The zero-order valence-electron chi connectivity index (χ0n) is 11.5. The lowest BCUT2D eigenvalue weighted by molar-refractivity contribution is -0.120. The van der Waals surface area contributed by atoms with Crippen LogP contribution < -0.4 is 4.90 Å². The molecule has 7 heteroatoms.